The van der Waals surface area contributed by atoms with Crippen LogP contribution in [0.1, 0.15) is 39.5 Å². The highest BCUT2D eigenvalue weighted by molar-refractivity contribution is 7.90. The van der Waals surface area contributed by atoms with E-state index in [0.717, 1.165) is 6.26 Å². The van der Waals surface area contributed by atoms with Crippen LogP contribution in [0.25, 0.3) is 5.82 Å². The summed E-state index contributed by atoms with van der Waals surface area (Å²) in [5.74, 6) is -1.01. The molecule has 0 aliphatic heterocycles. The number of carbonyl (C=O) groups is 2. The van der Waals surface area contributed by atoms with Crippen LogP contribution in [-0.2, 0) is 9.84 Å². The number of nitrogens with zero attached hydrogens (tertiary/aromatic N) is 4. The van der Waals surface area contributed by atoms with E-state index in [9.17, 15) is 18.0 Å². The molecule has 0 saturated heterocycles. The molecular weight excluding hydrogens is 434 g/mol. The van der Waals surface area contributed by atoms with Gasteiger partial charge in [-0.3, -0.25) is 4.79 Å². The second kappa shape index (κ2) is 8.20. The average Bonchev–Trinajstić information content (AvgIpc) is 3.16. The number of sulfone groups is 1. The molecule has 2 aromatic heterocycles. The van der Waals surface area contributed by atoms with Gasteiger partial charge in [0.2, 0.25) is 0 Å². The highest BCUT2D eigenvalue weighted by atomic mass is 35.5. The Bertz CT molecular complexity index is 1220. The number of halogens is 1. The van der Waals surface area contributed by atoms with Gasteiger partial charge in [-0.05, 0) is 37.3 Å². The first-order valence-electron chi connectivity index (χ1n) is 8.47. The first-order chi connectivity index (χ1) is 14.1. The molecule has 2 heterocycles. The SMILES string of the molecule is C[C@H](NC(=O)c1cc(Cl)cc(S(C)(=O)=O)c1)c1ncnn1-c1ccc(C(=O)O)cn1. The lowest BCUT2D eigenvalue weighted by Gasteiger charge is -2.15. The summed E-state index contributed by atoms with van der Waals surface area (Å²) in [5.41, 5.74) is 0.0918. The Hall–Kier alpha value is -3.31. The molecule has 3 aromatic rings. The Kier molecular flexibility index (Phi) is 5.85. The van der Waals surface area contributed by atoms with E-state index in [1.54, 1.807) is 6.92 Å². The van der Waals surface area contributed by atoms with Gasteiger partial charge in [-0.2, -0.15) is 9.78 Å². The van der Waals surface area contributed by atoms with Gasteiger partial charge in [-0.25, -0.2) is 23.2 Å². The fourth-order valence-corrected chi connectivity index (χ4v) is 3.59. The molecule has 0 saturated carbocycles. The molecule has 0 spiro atoms. The molecule has 30 heavy (non-hydrogen) atoms. The number of rotatable bonds is 6. The van der Waals surface area contributed by atoms with Crippen molar-refractivity contribution in [2.24, 2.45) is 0 Å². The second-order valence-corrected chi connectivity index (χ2v) is 8.84. The van der Waals surface area contributed by atoms with Crippen LogP contribution < -0.4 is 5.32 Å². The van der Waals surface area contributed by atoms with E-state index in [1.165, 1.54) is 47.5 Å². The number of benzene rings is 1. The summed E-state index contributed by atoms with van der Waals surface area (Å²) in [7, 11) is -3.55. The van der Waals surface area contributed by atoms with E-state index in [0.29, 0.717) is 11.6 Å². The van der Waals surface area contributed by atoms with Gasteiger partial charge >= 0.3 is 5.97 Å². The Labute approximate surface area is 176 Å². The summed E-state index contributed by atoms with van der Waals surface area (Å²) < 4.78 is 24.9. The number of amides is 1. The number of carboxylic acid groups (broad SMARTS) is 1. The lowest BCUT2D eigenvalue weighted by molar-refractivity contribution is 0.0696. The van der Waals surface area contributed by atoms with E-state index < -0.39 is 27.8 Å². The van der Waals surface area contributed by atoms with E-state index >= 15 is 0 Å². The van der Waals surface area contributed by atoms with Gasteiger partial charge < -0.3 is 10.4 Å². The number of carboxylic acids is 1. The van der Waals surface area contributed by atoms with Crippen LogP contribution in [0.5, 0.6) is 0 Å². The lowest BCUT2D eigenvalue weighted by Crippen LogP contribution is -2.29. The third kappa shape index (κ3) is 4.63. The number of hydrogen-bond acceptors (Lipinski definition) is 7. The van der Waals surface area contributed by atoms with Gasteiger partial charge in [0.1, 0.15) is 6.33 Å². The van der Waals surface area contributed by atoms with Gasteiger partial charge in [0, 0.05) is 23.0 Å². The molecule has 0 unspecified atom stereocenters. The smallest absolute Gasteiger partial charge is 0.337 e. The van der Waals surface area contributed by atoms with Crippen LogP contribution in [0, 0.1) is 0 Å². The van der Waals surface area contributed by atoms with E-state index in [-0.39, 0.29) is 21.0 Å². The highest BCUT2D eigenvalue weighted by Gasteiger charge is 2.20. The highest BCUT2D eigenvalue weighted by Crippen LogP contribution is 2.20. The van der Waals surface area contributed by atoms with Crippen molar-refractivity contribution >= 4 is 33.3 Å². The molecular formula is C18H16ClN5O5S. The molecule has 156 valence electrons. The minimum atomic E-state index is -3.55. The maximum Gasteiger partial charge on any atom is 0.337 e. The Morgan fingerprint density at radius 2 is 1.90 bits per heavy atom. The quantitative estimate of drug-likeness (QED) is 0.580. The summed E-state index contributed by atoms with van der Waals surface area (Å²) in [5, 5.41) is 15.9. The third-order valence-electron chi connectivity index (χ3n) is 4.08. The van der Waals surface area contributed by atoms with Crippen molar-refractivity contribution in [2.45, 2.75) is 17.9 Å². The van der Waals surface area contributed by atoms with Crippen LogP contribution in [0.2, 0.25) is 5.02 Å². The Morgan fingerprint density at radius 3 is 2.50 bits per heavy atom. The van der Waals surface area contributed by atoms with Crippen LogP contribution in [-0.4, -0.2) is 51.4 Å². The first kappa shape index (κ1) is 21.4. The van der Waals surface area contributed by atoms with E-state index in [2.05, 4.69) is 20.4 Å². The molecule has 10 nitrogen and oxygen atoms in total. The zero-order valence-corrected chi connectivity index (χ0v) is 17.3. The van der Waals surface area contributed by atoms with Crippen molar-refractivity contribution in [3.8, 4) is 5.82 Å². The predicted octanol–water partition coefficient (Wildman–Crippen LogP) is 1.91. The molecule has 0 aliphatic carbocycles. The van der Waals surface area contributed by atoms with Gasteiger partial charge in [-0.1, -0.05) is 11.6 Å². The summed E-state index contributed by atoms with van der Waals surface area (Å²) in [6, 6.07) is 6.06. The predicted molar refractivity (Wildman–Crippen MR) is 107 cm³/mol. The standard InChI is InChI=1S/C18H16ClN5O5S/c1-10(23-17(25)12-5-13(19)7-14(6-12)30(2,28)29)16-21-9-22-24(16)15-4-3-11(8-20-15)18(26)27/h3-10H,1-2H3,(H,23,25)(H,26,27)/t10-/m0/s1. The van der Waals surface area contributed by atoms with Crippen molar-refractivity contribution in [2.75, 3.05) is 6.26 Å². The summed E-state index contributed by atoms with van der Waals surface area (Å²) >= 11 is 5.96. The summed E-state index contributed by atoms with van der Waals surface area (Å²) in [4.78, 5) is 31.7. The molecule has 0 bridgehead atoms. The number of pyridine rings is 1. The molecule has 0 aliphatic rings. The van der Waals surface area contributed by atoms with Gasteiger partial charge in [-0.15, -0.1) is 0 Å². The summed E-state index contributed by atoms with van der Waals surface area (Å²) in [6.07, 6.45) is 3.48. The zero-order chi connectivity index (χ0) is 22.1. The molecule has 12 heteroatoms. The number of carbonyl (C=O) groups excluding carboxylic acids is 1. The fourth-order valence-electron chi connectivity index (χ4n) is 2.61. The minimum Gasteiger partial charge on any atom is -0.478 e. The third-order valence-corrected chi connectivity index (χ3v) is 5.39. The topological polar surface area (TPSA) is 144 Å². The molecule has 0 radical (unpaired) electrons. The minimum absolute atomic E-state index is 0.0180. The number of hydrogen-bond donors (Lipinski definition) is 2. The van der Waals surface area contributed by atoms with E-state index in [1.807, 2.05) is 0 Å². The Morgan fingerprint density at radius 1 is 1.17 bits per heavy atom. The Balaban J connectivity index is 1.85. The van der Waals surface area contributed by atoms with Crippen LogP contribution in [0.15, 0.2) is 47.8 Å². The number of aromatic nitrogens is 4. The van der Waals surface area contributed by atoms with Crippen molar-refractivity contribution in [1.82, 2.24) is 25.1 Å². The maximum absolute atomic E-state index is 12.6. The molecule has 0 fully saturated rings. The van der Waals surface area contributed by atoms with Crippen molar-refractivity contribution < 1.29 is 23.1 Å². The van der Waals surface area contributed by atoms with Gasteiger partial charge in [0.25, 0.3) is 5.91 Å². The molecule has 1 atom stereocenters. The lowest BCUT2D eigenvalue weighted by atomic mass is 10.2. The van der Waals surface area contributed by atoms with Gasteiger partial charge in [0.05, 0.1) is 16.5 Å². The molecule has 1 amide bonds. The number of aromatic carboxylic acids is 1. The molecule has 1 aromatic carbocycles. The van der Waals surface area contributed by atoms with Crippen LogP contribution in [0.4, 0.5) is 0 Å². The van der Waals surface area contributed by atoms with Crippen LogP contribution in [0.3, 0.4) is 0 Å². The monoisotopic (exact) mass is 449 g/mol. The van der Waals surface area contributed by atoms with Gasteiger partial charge in [0.15, 0.2) is 21.5 Å². The first-order valence-corrected chi connectivity index (χ1v) is 10.7. The zero-order valence-electron chi connectivity index (χ0n) is 15.8. The maximum atomic E-state index is 12.6. The van der Waals surface area contributed by atoms with Crippen molar-refractivity contribution in [1.29, 1.82) is 0 Å². The largest absolute Gasteiger partial charge is 0.478 e. The molecule has 2 N–H and O–H groups in total. The van der Waals surface area contributed by atoms with Crippen LogP contribution >= 0.6 is 11.6 Å². The molecule has 3 rings (SSSR count). The fraction of sp³-hybridized carbons (Fsp3) is 0.167. The second-order valence-electron chi connectivity index (χ2n) is 6.38. The van der Waals surface area contributed by atoms with E-state index in [4.69, 9.17) is 16.7 Å². The summed E-state index contributed by atoms with van der Waals surface area (Å²) in [6.45, 7) is 1.66. The normalized spacial score (nSPS) is 12.4. The number of nitrogens with one attached hydrogen (secondary N) is 1. The van der Waals surface area contributed by atoms with Crippen molar-refractivity contribution in [3.05, 3.63) is 64.8 Å². The van der Waals surface area contributed by atoms with Crippen molar-refractivity contribution in [3.63, 3.8) is 0 Å². The average molecular weight is 450 g/mol.